The van der Waals surface area contributed by atoms with Crippen LogP contribution in [-0.2, 0) is 0 Å². The van der Waals surface area contributed by atoms with E-state index in [1.54, 1.807) is 0 Å². The fraction of sp³-hybridized carbons (Fsp3) is 0.300. The molecule has 2 heteroatoms. The molecule has 1 unspecified atom stereocenters. The monoisotopic (exact) mass is 161 g/mol. The van der Waals surface area contributed by atoms with E-state index in [-0.39, 0.29) is 0 Å². The quantitative estimate of drug-likeness (QED) is 0.584. The number of hydrogen-bond acceptors (Lipinski definition) is 2. The summed E-state index contributed by atoms with van der Waals surface area (Å²) >= 11 is 0. The third kappa shape index (κ3) is 1.09. The second-order valence-corrected chi connectivity index (χ2v) is 3.12. The van der Waals surface area contributed by atoms with E-state index in [0.717, 1.165) is 17.0 Å². The van der Waals surface area contributed by atoms with Gasteiger partial charge < -0.3 is 4.52 Å². The van der Waals surface area contributed by atoms with Gasteiger partial charge in [-0.05, 0) is 18.9 Å². The number of aryl methyl sites for hydroxylation is 1. The fourth-order valence-corrected chi connectivity index (χ4v) is 1.27. The van der Waals surface area contributed by atoms with Crippen LogP contribution in [-0.4, -0.2) is 5.16 Å². The molecule has 1 atom stereocenters. The molecule has 0 aliphatic heterocycles. The molecule has 12 heavy (non-hydrogen) atoms. The molecule has 0 amide bonds. The Balaban J connectivity index is 2.54. The molecule has 0 N–H and O–H groups in total. The number of fused-ring (bicyclic) bond motifs is 1. The Morgan fingerprint density at radius 2 is 2.08 bits per heavy atom. The van der Waals surface area contributed by atoms with Gasteiger partial charge in [-0.25, -0.2) is 0 Å². The predicted octanol–water partition coefficient (Wildman–Crippen LogP) is 2.66. The minimum Gasteiger partial charge on any atom is -0.360 e. The van der Waals surface area contributed by atoms with Crippen LogP contribution in [0, 0.1) is 12.8 Å². The number of allylic oxidation sites excluding steroid dienone is 2. The molecule has 1 aromatic rings. The van der Waals surface area contributed by atoms with E-state index in [2.05, 4.69) is 30.3 Å². The van der Waals surface area contributed by atoms with Gasteiger partial charge >= 0.3 is 0 Å². The average molecular weight is 161 g/mol. The van der Waals surface area contributed by atoms with Gasteiger partial charge in [0.05, 0.1) is 0 Å². The lowest BCUT2D eigenvalue weighted by Gasteiger charge is -1.91. The van der Waals surface area contributed by atoms with Gasteiger partial charge in [-0.15, -0.1) is 0 Å². The van der Waals surface area contributed by atoms with Gasteiger partial charge in [0.2, 0.25) is 0 Å². The Hall–Kier alpha value is -1.31. The van der Waals surface area contributed by atoms with Crippen molar-refractivity contribution in [2.24, 2.45) is 5.92 Å². The van der Waals surface area contributed by atoms with Crippen LogP contribution in [0.15, 0.2) is 16.7 Å². The Morgan fingerprint density at radius 3 is 2.92 bits per heavy atom. The highest BCUT2D eigenvalue weighted by atomic mass is 16.5. The highest BCUT2D eigenvalue weighted by molar-refractivity contribution is 5.66. The summed E-state index contributed by atoms with van der Waals surface area (Å²) in [6.07, 6.45) is 8.35. The van der Waals surface area contributed by atoms with Crippen molar-refractivity contribution in [1.29, 1.82) is 0 Å². The zero-order valence-electron chi connectivity index (χ0n) is 7.24. The molecule has 1 heterocycles. The summed E-state index contributed by atoms with van der Waals surface area (Å²) in [6.45, 7) is 4.07. The minimum absolute atomic E-state index is 0.485. The van der Waals surface area contributed by atoms with Gasteiger partial charge in [-0.1, -0.05) is 30.3 Å². The zero-order chi connectivity index (χ0) is 8.55. The van der Waals surface area contributed by atoms with Gasteiger partial charge in [0, 0.05) is 5.56 Å². The first-order valence-electron chi connectivity index (χ1n) is 4.10. The van der Waals surface area contributed by atoms with Crippen molar-refractivity contribution in [2.75, 3.05) is 0 Å². The normalized spacial score (nSPS) is 20.7. The number of rotatable bonds is 0. The number of nitrogens with zero attached hydrogens (tertiary/aromatic N) is 1. The molecular weight excluding hydrogens is 150 g/mol. The highest BCUT2D eigenvalue weighted by Crippen LogP contribution is 2.21. The molecule has 0 saturated heterocycles. The molecular formula is C10H11NO. The van der Waals surface area contributed by atoms with Crippen LogP contribution in [0.4, 0.5) is 0 Å². The molecule has 0 radical (unpaired) electrons. The van der Waals surface area contributed by atoms with Gasteiger partial charge in [0.25, 0.3) is 0 Å². The van der Waals surface area contributed by atoms with Crippen molar-refractivity contribution >= 4 is 12.2 Å². The first-order valence-corrected chi connectivity index (χ1v) is 4.10. The third-order valence-electron chi connectivity index (χ3n) is 2.06. The molecule has 1 aromatic heterocycles. The van der Waals surface area contributed by atoms with E-state index >= 15 is 0 Å². The average Bonchev–Trinajstić information content (AvgIpc) is 2.28. The Kier molecular flexibility index (Phi) is 1.61. The van der Waals surface area contributed by atoms with Crippen molar-refractivity contribution in [3.63, 3.8) is 0 Å². The number of hydrogen-bond donors (Lipinski definition) is 0. The van der Waals surface area contributed by atoms with Crippen LogP contribution in [0.5, 0.6) is 0 Å². The molecule has 62 valence electrons. The van der Waals surface area contributed by atoms with Gasteiger partial charge in [-0.3, -0.25) is 0 Å². The van der Waals surface area contributed by atoms with Crippen LogP contribution in [0.2, 0.25) is 0 Å². The van der Waals surface area contributed by atoms with E-state index in [9.17, 15) is 0 Å². The van der Waals surface area contributed by atoms with Crippen molar-refractivity contribution in [1.82, 2.24) is 5.16 Å². The van der Waals surface area contributed by atoms with E-state index < -0.39 is 0 Å². The summed E-state index contributed by atoms with van der Waals surface area (Å²) in [6, 6.07) is 0. The Bertz CT molecular complexity index is 347. The lowest BCUT2D eigenvalue weighted by atomic mass is 10.1. The van der Waals surface area contributed by atoms with Crippen LogP contribution < -0.4 is 0 Å². The van der Waals surface area contributed by atoms with Gasteiger partial charge in [0.15, 0.2) is 0 Å². The summed E-state index contributed by atoms with van der Waals surface area (Å²) in [5.74, 6) is 1.37. The number of aromatic nitrogens is 1. The second-order valence-electron chi connectivity index (χ2n) is 3.12. The Morgan fingerprint density at radius 1 is 1.33 bits per heavy atom. The third-order valence-corrected chi connectivity index (χ3v) is 2.06. The molecule has 2 rings (SSSR count). The first-order chi connectivity index (χ1) is 5.77. The van der Waals surface area contributed by atoms with Crippen LogP contribution >= 0.6 is 0 Å². The van der Waals surface area contributed by atoms with Crippen molar-refractivity contribution in [3.05, 3.63) is 29.2 Å². The Labute approximate surface area is 71.6 Å². The summed E-state index contributed by atoms with van der Waals surface area (Å²) in [4.78, 5) is 0. The maximum absolute atomic E-state index is 5.06. The van der Waals surface area contributed by atoms with E-state index in [4.69, 9.17) is 4.52 Å². The zero-order valence-corrected chi connectivity index (χ0v) is 7.24. The smallest absolute Gasteiger partial charge is 0.141 e. The SMILES string of the molecule is Cc1onc2c1C=CC(C)C=C2. The first kappa shape index (κ1) is 7.35. The van der Waals surface area contributed by atoms with E-state index in [1.165, 1.54) is 0 Å². The molecule has 0 bridgehead atoms. The lowest BCUT2D eigenvalue weighted by Crippen LogP contribution is -1.77. The summed E-state index contributed by atoms with van der Waals surface area (Å²) in [7, 11) is 0. The maximum Gasteiger partial charge on any atom is 0.141 e. The molecule has 1 aliphatic carbocycles. The van der Waals surface area contributed by atoms with Crippen LogP contribution in [0.25, 0.3) is 12.2 Å². The second kappa shape index (κ2) is 2.63. The fourth-order valence-electron chi connectivity index (χ4n) is 1.27. The van der Waals surface area contributed by atoms with Crippen molar-refractivity contribution < 1.29 is 4.52 Å². The maximum atomic E-state index is 5.06. The van der Waals surface area contributed by atoms with Crippen molar-refractivity contribution in [3.8, 4) is 0 Å². The van der Waals surface area contributed by atoms with Gasteiger partial charge in [-0.2, -0.15) is 0 Å². The lowest BCUT2D eigenvalue weighted by molar-refractivity contribution is 0.396. The molecule has 0 aromatic carbocycles. The highest BCUT2D eigenvalue weighted by Gasteiger charge is 2.09. The largest absolute Gasteiger partial charge is 0.360 e. The molecule has 0 saturated carbocycles. The van der Waals surface area contributed by atoms with Gasteiger partial charge in [0.1, 0.15) is 11.5 Å². The molecule has 0 fully saturated rings. The molecule has 1 aliphatic rings. The predicted molar refractivity (Wildman–Crippen MR) is 48.5 cm³/mol. The molecule has 2 nitrogen and oxygen atoms in total. The summed E-state index contributed by atoms with van der Waals surface area (Å²) in [5, 5.41) is 3.94. The summed E-state index contributed by atoms with van der Waals surface area (Å²) < 4.78 is 5.06. The van der Waals surface area contributed by atoms with E-state index in [0.29, 0.717) is 5.92 Å². The summed E-state index contributed by atoms with van der Waals surface area (Å²) in [5.41, 5.74) is 2.05. The van der Waals surface area contributed by atoms with Crippen molar-refractivity contribution in [2.45, 2.75) is 13.8 Å². The topological polar surface area (TPSA) is 26.0 Å². The van der Waals surface area contributed by atoms with E-state index in [1.807, 2.05) is 13.0 Å². The standard InChI is InChI=1S/C10H11NO/c1-7-3-5-9-8(2)12-11-10(9)6-4-7/h3-7H,1-2H3. The van der Waals surface area contributed by atoms with Crippen LogP contribution in [0.3, 0.4) is 0 Å². The molecule has 0 spiro atoms. The minimum atomic E-state index is 0.485. The van der Waals surface area contributed by atoms with Crippen LogP contribution in [0.1, 0.15) is 23.9 Å².